The molecule has 8 heteroatoms. The van der Waals surface area contributed by atoms with E-state index in [1.165, 1.54) is 5.56 Å². The average Bonchev–Trinajstić information content (AvgIpc) is 3.50. The number of imidazole rings is 1. The van der Waals surface area contributed by atoms with Gasteiger partial charge in [0.25, 0.3) is 0 Å². The first-order valence-electron chi connectivity index (χ1n) is 10.9. The average molecular weight is 546 g/mol. The van der Waals surface area contributed by atoms with E-state index in [2.05, 4.69) is 57.4 Å². The van der Waals surface area contributed by atoms with Gasteiger partial charge in [0.2, 0.25) is 0 Å². The number of pyridine rings is 1. The minimum Gasteiger partial charge on any atom is -0.376 e. The third kappa shape index (κ3) is 6.77. The molecular formula is C24H31IN6O. The second-order valence-corrected chi connectivity index (χ2v) is 7.76. The van der Waals surface area contributed by atoms with Gasteiger partial charge in [-0.15, -0.1) is 24.0 Å². The van der Waals surface area contributed by atoms with Gasteiger partial charge >= 0.3 is 0 Å². The number of benzene rings is 1. The predicted molar refractivity (Wildman–Crippen MR) is 137 cm³/mol. The Morgan fingerprint density at radius 1 is 1.19 bits per heavy atom. The van der Waals surface area contributed by atoms with Crippen LogP contribution in [0.15, 0.2) is 72.4 Å². The normalized spacial score (nSPS) is 16.1. The van der Waals surface area contributed by atoms with Crippen LogP contribution in [0, 0.1) is 5.92 Å². The lowest BCUT2D eigenvalue weighted by Gasteiger charge is -2.21. The number of nitrogens with one attached hydrogen (secondary N) is 1. The minimum atomic E-state index is 0. The van der Waals surface area contributed by atoms with Crippen molar-refractivity contribution in [2.45, 2.75) is 26.5 Å². The quantitative estimate of drug-likeness (QED) is 0.264. The predicted octanol–water partition coefficient (Wildman–Crippen LogP) is 3.89. The fourth-order valence-corrected chi connectivity index (χ4v) is 3.77. The zero-order valence-electron chi connectivity index (χ0n) is 18.4. The summed E-state index contributed by atoms with van der Waals surface area (Å²) in [6, 6.07) is 14.4. The third-order valence-corrected chi connectivity index (χ3v) is 5.38. The molecule has 3 aromatic rings. The van der Waals surface area contributed by atoms with Crippen molar-refractivity contribution in [3.8, 4) is 5.82 Å². The molecular weight excluding hydrogens is 515 g/mol. The Labute approximate surface area is 207 Å². The summed E-state index contributed by atoms with van der Waals surface area (Å²) in [5.41, 5.74) is 2.34. The second-order valence-electron chi connectivity index (χ2n) is 7.76. The standard InChI is InChI=1S/C24H30N6O.HI/c1-2-26-24(28-15-21-8-10-27-23(14-21)30-13-11-25-19-30)29-12-9-22(16-29)18-31-17-20-6-4-3-5-7-20;/h3-8,10-11,13-14,19,22H,2,9,12,15-18H2,1H3,(H,26,28);1H. The Kier molecular flexibility index (Phi) is 9.48. The van der Waals surface area contributed by atoms with E-state index in [9.17, 15) is 0 Å². The molecule has 0 spiro atoms. The SMILES string of the molecule is CCNC(=NCc1ccnc(-n2ccnc2)c1)N1CCC(COCc2ccccc2)C1.I. The molecule has 1 aliphatic heterocycles. The van der Waals surface area contributed by atoms with Crippen molar-refractivity contribution >= 4 is 29.9 Å². The van der Waals surface area contributed by atoms with Crippen LogP contribution in [-0.2, 0) is 17.9 Å². The summed E-state index contributed by atoms with van der Waals surface area (Å²) in [5.74, 6) is 2.35. The number of hydrogen-bond acceptors (Lipinski definition) is 4. The van der Waals surface area contributed by atoms with Gasteiger partial charge in [-0.25, -0.2) is 15.0 Å². The summed E-state index contributed by atoms with van der Waals surface area (Å²) < 4.78 is 7.87. The van der Waals surface area contributed by atoms with Crippen LogP contribution in [0.25, 0.3) is 5.82 Å². The summed E-state index contributed by atoms with van der Waals surface area (Å²) in [7, 11) is 0. The van der Waals surface area contributed by atoms with E-state index < -0.39 is 0 Å². The molecule has 0 aliphatic carbocycles. The molecule has 1 N–H and O–H groups in total. The Morgan fingerprint density at radius 3 is 2.84 bits per heavy atom. The molecule has 1 atom stereocenters. The largest absolute Gasteiger partial charge is 0.376 e. The first-order valence-corrected chi connectivity index (χ1v) is 10.9. The van der Waals surface area contributed by atoms with Crippen molar-refractivity contribution in [2.75, 3.05) is 26.2 Å². The Balaban J connectivity index is 0.00000289. The van der Waals surface area contributed by atoms with Gasteiger partial charge in [0, 0.05) is 44.1 Å². The zero-order valence-corrected chi connectivity index (χ0v) is 20.8. The molecule has 1 saturated heterocycles. The lowest BCUT2D eigenvalue weighted by atomic mass is 10.1. The molecule has 1 unspecified atom stereocenters. The van der Waals surface area contributed by atoms with E-state index in [0.29, 0.717) is 19.1 Å². The molecule has 1 fully saturated rings. The third-order valence-electron chi connectivity index (χ3n) is 5.38. The number of hydrogen-bond donors (Lipinski definition) is 1. The summed E-state index contributed by atoms with van der Waals surface area (Å²) in [6.07, 6.45) is 8.35. The van der Waals surface area contributed by atoms with Crippen LogP contribution in [-0.4, -0.2) is 51.6 Å². The molecule has 2 aromatic heterocycles. The maximum absolute atomic E-state index is 5.97. The number of rotatable bonds is 8. The smallest absolute Gasteiger partial charge is 0.194 e. The first kappa shape index (κ1) is 24.2. The molecule has 1 aromatic carbocycles. The van der Waals surface area contributed by atoms with E-state index in [-0.39, 0.29) is 24.0 Å². The summed E-state index contributed by atoms with van der Waals surface area (Å²) in [6.45, 7) is 6.99. The number of aromatic nitrogens is 3. The van der Waals surface area contributed by atoms with Gasteiger partial charge in [-0.2, -0.15) is 0 Å². The van der Waals surface area contributed by atoms with Crippen LogP contribution in [0.1, 0.15) is 24.5 Å². The Morgan fingerprint density at radius 2 is 2.06 bits per heavy atom. The highest BCUT2D eigenvalue weighted by Crippen LogP contribution is 2.18. The second kappa shape index (κ2) is 12.5. The molecule has 0 radical (unpaired) electrons. The topological polar surface area (TPSA) is 67.6 Å². The molecule has 1 aliphatic rings. The van der Waals surface area contributed by atoms with Crippen LogP contribution >= 0.6 is 24.0 Å². The number of halogens is 1. The highest BCUT2D eigenvalue weighted by Gasteiger charge is 2.25. The molecule has 0 bridgehead atoms. The van der Waals surface area contributed by atoms with E-state index in [1.54, 1.807) is 12.5 Å². The van der Waals surface area contributed by atoms with Crippen LogP contribution in [0.2, 0.25) is 0 Å². The van der Waals surface area contributed by atoms with Gasteiger partial charge in [-0.3, -0.25) is 4.57 Å². The van der Waals surface area contributed by atoms with E-state index in [1.807, 2.05) is 29.1 Å². The Hall–Kier alpha value is -2.46. The van der Waals surface area contributed by atoms with E-state index >= 15 is 0 Å². The highest BCUT2D eigenvalue weighted by atomic mass is 127. The summed E-state index contributed by atoms with van der Waals surface area (Å²) in [4.78, 5) is 15.7. The molecule has 4 rings (SSSR count). The van der Waals surface area contributed by atoms with Crippen LogP contribution in [0.4, 0.5) is 0 Å². The van der Waals surface area contributed by atoms with Gasteiger partial charge in [-0.1, -0.05) is 30.3 Å². The molecule has 0 saturated carbocycles. The number of aliphatic imine (C=N–C) groups is 1. The molecule has 32 heavy (non-hydrogen) atoms. The fraction of sp³-hybridized carbons (Fsp3) is 0.375. The van der Waals surface area contributed by atoms with Crippen molar-refractivity contribution in [1.82, 2.24) is 24.8 Å². The number of ether oxygens (including phenoxy) is 1. The van der Waals surface area contributed by atoms with Crippen LogP contribution in [0.5, 0.6) is 0 Å². The molecule has 0 amide bonds. The molecule has 170 valence electrons. The maximum atomic E-state index is 5.97. The minimum absolute atomic E-state index is 0. The van der Waals surface area contributed by atoms with Crippen LogP contribution < -0.4 is 5.32 Å². The van der Waals surface area contributed by atoms with Crippen molar-refractivity contribution in [3.05, 3.63) is 78.5 Å². The maximum Gasteiger partial charge on any atom is 0.194 e. The first-order chi connectivity index (χ1) is 15.3. The number of nitrogens with zero attached hydrogens (tertiary/aromatic N) is 5. The Bertz CT molecular complexity index is 964. The number of likely N-dealkylation sites (tertiary alicyclic amines) is 1. The van der Waals surface area contributed by atoms with Gasteiger partial charge in [-0.05, 0) is 36.6 Å². The highest BCUT2D eigenvalue weighted by molar-refractivity contribution is 14.0. The summed E-state index contributed by atoms with van der Waals surface area (Å²) in [5, 5.41) is 3.44. The monoisotopic (exact) mass is 546 g/mol. The van der Waals surface area contributed by atoms with Gasteiger partial charge < -0.3 is 15.0 Å². The van der Waals surface area contributed by atoms with Crippen molar-refractivity contribution in [2.24, 2.45) is 10.9 Å². The zero-order chi connectivity index (χ0) is 21.3. The van der Waals surface area contributed by atoms with E-state index in [4.69, 9.17) is 9.73 Å². The lowest BCUT2D eigenvalue weighted by Crippen LogP contribution is -2.40. The number of guanidine groups is 1. The molecule has 7 nitrogen and oxygen atoms in total. The fourth-order valence-electron chi connectivity index (χ4n) is 3.77. The van der Waals surface area contributed by atoms with Crippen LogP contribution in [0.3, 0.4) is 0 Å². The van der Waals surface area contributed by atoms with Gasteiger partial charge in [0.15, 0.2) is 5.96 Å². The van der Waals surface area contributed by atoms with Crippen molar-refractivity contribution in [1.29, 1.82) is 0 Å². The van der Waals surface area contributed by atoms with Gasteiger partial charge in [0.1, 0.15) is 12.1 Å². The van der Waals surface area contributed by atoms with Crippen molar-refractivity contribution < 1.29 is 4.74 Å². The molecule has 3 heterocycles. The van der Waals surface area contributed by atoms with E-state index in [0.717, 1.165) is 50.0 Å². The van der Waals surface area contributed by atoms with Crippen molar-refractivity contribution in [3.63, 3.8) is 0 Å². The summed E-state index contributed by atoms with van der Waals surface area (Å²) >= 11 is 0. The van der Waals surface area contributed by atoms with Gasteiger partial charge in [0.05, 0.1) is 19.8 Å². The lowest BCUT2D eigenvalue weighted by molar-refractivity contribution is 0.0906.